The molecule has 4 fully saturated rings. The van der Waals surface area contributed by atoms with Gasteiger partial charge in [0.2, 0.25) is 0 Å². The summed E-state index contributed by atoms with van der Waals surface area (Å²) in [5.74, 6) is 5.79. The molecule has 0 heterocycles. The van der Waals surface area contributed by atoms with Crippen molar-refractivity contribution in [2.45, 2.75) is 103 Å². The fourth-order valence-electron chi connectivity index (χ4n) is 8.89. The van der Waals surface area contributed by atoms with Crippen molar-refractivity contribution in [2.75, 3.05) is 0 Å². The Balaban J connectivity index is 1.51. The SMILES string of the molecule is C[C@H](CCC(N)Cl)[C@H]1CC[C@H]2[C@@H]3CCC4CCCC[C@]4(C)[C@H]3CC[C@]12C. The van der Waals surface area contributed by atoms with E-state index in [1.807, 2.05) is 0 Å². The summed E-state index contributed by atoms with van der Waals surface area (Å²) in [5, 5.41) is 0. The summed E-state index contributed by atoms with van der Waals surface area (Å²) >= 11 is 6.05. The number of nitrogens with two attached hydrogens (primary N) is 1. The van der Waals surface area contributed by atoms with Gasteiger partial charge in [0.25, 0.3) is 0 Å². The summed E-state index contributed by atoms with van der Waals surface area (Å²) in [4.78, 5) is 0. The highest BCUT2D eigenvalue weighted by Crippen LogP contribution is 2.68. The predicted molar refractivity (Wildman–Crippen MR) is 112 cm³/mol. The topological polar surface area (TPSA) is 26.0 Å². The van der Waals surface area contributed by atoms with E-state index in [9.17, 15) is 0 Å². The molecular weight excluding hydrogens is 338 g/mol. The molecule has 0 amide bonds. The predicted octanol–water partition coefficient (Wildman–Crippen LogP) is 6.98. The Morgan fingerprint density at radius 3 is 2.42 bits per heavy atom. The Morgan fingerprint density at radius 2 is 1.65 bits per heavy atom. The maximum atomic E-state index is 6.05. The number of rotatable bonds is 4. The Hall–Kier alpha value is 0.250. The van der Waals surface area contributed by atoms with E-state index >= 15 is 0 Å². The van der Waals surface area contributed by atoms with E-state index in [1.54, 1.807) is 6.42 Å². The summed E-state index contributed by atoms with van der Waals surface area (Å²) in [7, 11) is 0. The van der Waals surface area contributed by atoms with Crippen LogP contribution in [0.3, 0.4) is 0 Å². The lowest BCUT2D eigenvalue weighted by atomic mass is 9.44. The lowest BCUT2D eigenvalue weighted by molar-refractivity contribution is -0.114. The van der Waals surface area contributed by atoms with Crippen molar-refractivity contribution in [3.63, 3.8) is 0 Å². The van der Waals surface area contributed by atoms with Crippen LogP contribution in [0.5, 0.6) is 0 Å². The molecule has 0 bridgehead atoms. The number of fused-ring (bicyclic) bond motifs is 5. The second-order valence-electron chi connectivity index (χ2n) is 11.2. The fourth-order valence-corrected chi connectivity index (χ4v) is 9.02. The van der Waals surface area contributed by atoms with Crippen LogP contribution in [-0.2, 0) is 0 Å². The molecule has 0 aliphatic heterocycles. The van der Waals surface area contributed by atoms with E-state index in [0.717, 1.165) is 41.9 Å². The summed E-state index contributed by atoms with van der Waals surface area (Å²) < 4.78 is 0. The van der Waals surface area contributed by atoms with Gasteiger partial charge in [-0.15, -0.1) is 11.6 Å². The standard InChI is InChI=1S/C24H42ClN/c1-16(7-12-22(25)26)19-10-11-20-18-9-8-17-6-4-5-14-23(17,2)21(18)13-15-24(19,20)3/h16-22H,4-15,26H2,1-3H3/t16-,17?,18+,19-,20+,21+,22?,23+,24-/m1/s1. The molecular formula is C24H42ClN. The average molecular weight is 380 g/mol. The maximum Gasteiger partial charge on any atom is 0.0800 e. The minimum atomic E-state index is -0.153. The van der Waals surface area contributed by atoms with Gasteiger partial charge in [0.05, 0.1) is 5.50 Å². The third-order valence-corrected chi connectivity index (χ3v) is 10.5. The van der Waals surface area contributed by atoms with Crippen LogP contribution in [0.25, 0.3) is 0 Å². The lowest BCUT2D eigenvalue weighted by Gasteiger charge is -2.61. The van der Waals surface area contributed by atoms with E-state index < -0.39 is 0 Å². The number of alkyl halides is 1. The zero-order chi connectivity index (χ0) is 18.5. The first-order valence-electron chi connectivity index (χ1n) is 11.8. The van der Waals surface area contributed by atoms with Gasteiger partial charge in [0, 0.05) is 0 Å². The molecule has 2 unspecified atom stereocenters. The van der Waals surface area contributed by atoms with Crippen LogP contribution in [0, 0.1) is 46.3 Å². The average Bonchev–Trinajstić information content (AvgIpc) is 2.96. The van der Waals surface area contributed by atoms with Crippen molar-refractivity contribution in [2.24, 2.45) is 52.1 Å². The molecule has 2 N–H and O–H groups in total. The minimum absolute atomic E-state index is 0.153. The maximum absolute atomic E-state index is 6.05. The highest BCUT2D eigenvalue weighted by atomic mass is 35.5. The summed E-state index contributed by atoms with van der Waals surface area (Å²) in [6.45, 7) is 7.87. The van der Waals surface area contributed by atoms with Gasteiger partial charge in [-0.25, -0.2) is 0 Å². The molecule has 0 aromatic heterocycles. The van der Waals surface area contributed by atoms with Crippen molar-refractivity contribution in [3.05, 3.63) is 0 Å². The van der Waals surface area contributed by atoms with Gasteiger partial charge in [0.15, 0.2) is 0 Å². The summed E-state index contributed by atoms with van der Waals surface area (Å²) in [5.41, 5.74) is 6.95. The first-order chi connectivity index (χ1) is 12.4. The third kappa shape index (κ3) is 3.08. The number of halogens is 1. The van der Waals surface area contributed by atoms with Crippen LogP contribution < -0.4 is 5.73 Å². The quantitative estimate of drug-likeness (QED) is 0.414. The Bertz CT molecular complexity index is 504. The van der Waals surface area contributed by atoms with Gasteiger partial charge >= 0.3 is 0 Å². The zero-order valence-electron chi connectivity index (χ0n) is 17.5. The smallest absolute Gasteiger partial charge is 0.0800 e. The second-order valence-corrected chi connectivity index (χ2v) is 11.8. The normalized spacial score (nSPS) is 50.4. The van der Waals surface area contributed by atoms with Crippen LogP contribution in [0.4, 0.5) is 0 Å². The molecule has 0 aromatic rings. The highest BCUT2D eigenvalue weighted by molar-refractivity contribution is 6.20. The molecule has 0 saturated heterocycles. The molecule has 4 aliphatic carbocycles. The Labute approximate surface area is 167 Å². The molecule has 150 valence electrons. The molecule has 0 spiro atoms. The van der Waals surface area contributed by atoms with Crippen LogP contribution in [0.2, 0.25) is 0 Å². The zero-order valence-corrected chi connectivity index (χ0v) is 18.2. The van der Waals surface area contributed by atoms with Crippen LogP contribution in [0.15, 0.2) is 0 Å². The molecule has 4 rings (SSSR count). The van der Waals surface area contributed by atoms with E-state index in [1.165, 1.54) is 64.2 Å². The van der Waals surface area contributed by atoms with Crippen molar-refractivity contribution < 1.29 is 0 Å². The molecule has 4 aliphatic rings. The lowest BCUT2D eigenvalue weighted by Crippen LogP contribution is -2.53. The van der Waals surface area contributed by atoms with E-state index in [-0.39, 0.29) is 5.50 Å². The summed E-state index contributed by atoms with van der Waals surface area (Å²) in [6.07, 6.45) is 17.3. The number of hydrogen-bond donors (Lipinski definition) is 1. The first-order valence-corrected chi connectivity index (χ1v) is 12.2. The van der Waals surface area contributed by atoms with Gasteiger partial charge in [-0.2, -0.15) is 0 Å². The van der Waals surface area contributed by atoms with Crippen molar-refractivity contribution in [3.8, 4) is 0 Å². The first kappa shape index (κ1) is 19.6. The van der Waals surface area contributed by atoms with E-state index in [0.29, 0.717) is 10.8 Å². The van der Waals surface area contributed by atoms with Crippen molar-refractivity contribution in [1.29, 1.82) is 0 Å². The second kappa shape index (κ2) is 7.25. The van der Waals surface area contributed by atoms with Crippen LogP contribution in [0.1, 0.15) is 97.8 Å². The molecule has 1 nitrogen and oxygen atoms in total. The van der Waals surface area contributed by atoms with E-state index in [4.69, 9.17) is 17.3 Å². The Morgan fingerprint density at radius 1 is 0.885 bits per heavy atom. The van der Waals surface area contributed by atoms with Crippen LogP contribution >= 0.6 is 11.6 Å². The van der Waals surface area contributed by atoms with Gasteiger partial charge in [-0.3, -0.25) is 0 Å². The van der Waals surface area contributed by atoms with Crippen molar-refractivity contribution >= 4 is 11.6 Å². The summed E-state index contributed by atoms with van der Waals surface area (Å²) in [6, 6.07) is 0. The van der Waals surface area contributed by atoms with Gasteiger partial charge in [0.1, 0.15) is 0 Å². The molecule has 4 saturated carbocycles. The molecule has 0 radical (unpaired) electrons. The highest BCUT2D eigenvalue weighted by Gasteiger charge is 2.59. The molecule has 26 heavy (non-hydrogen) atoms. The minimum Gasteiger partial charge on any atom is -0.315 e. The van der Waals surface area contributed by atoms with Gasteiger partial charge in [-0.1, -0.05) is 33.6 Å². The third-order valence-electron chi connectivity index (χ3n) is 10.2. The molecule has 2 heteroatoms. The Kier molecular flexibility index (Phi) is 5.46. The van der Waals surface area contributed by atoms with Gasteiger partial charge in [-0.05, 0) is 111 Å². The largest absolute Gasteiger partial charge is 0.315 e. The van der Waals surface area contributed by atoms with E-state index in [2.05, 4.69) is 20.8 Å². The molecule has 0 aromatic carbocycles. The monoisotopic (exact) mass is 379 g/mol. The molecule has 9 atom stereocenters. The number of hydrogen-bond acceptors (Lipinski definition) is 1. The fraction of sp³-hybridized carbons (Fsp3) is 1.00. The van der Waals surface area contributed by atoms with Crippen LogP contribution in [-0.4, -0.2) is 5.50 Å². The van der Waals surface area contributed by atoms with Gasteiger partial charge < -0.3 is 5.73 Å². The van der Waals surface area contributed by atoms with Crippen molar-refractivity contribution in [1.82, 2.24) is 0 Å².